The van der Waals surface area contributed by atoms with Crippen LogP contribution in [0.4, 0.5) is 0 Å². The van der Waals surface area contributed by atoms with Crippen LogP contribution in [0.15, 0.2) is 18.2 Å². The van der Waals surface area contributed by atoms with Crippen molar-refractivity contribution in [1.29, 1.82) is 0 Å². The van der Waals surface area contributed by atoms with Gasteiger partial charge in [-0.15, -0.1) is 0 Å². The number of halogens is 2. The molecule has 76 valence electrons. The molecule has 0 atom stereocenters. The highest BCUT2D eigenvalue weighted by Crippen LogP contribution is 2.27. The molecule has 1 saturated heterocycles. The summed E-state index contributed by atoms with van der Waals surface area (Å²) in [7, 11) is 0. The normalized spacial score (nSPS) is 16.7. The molecule has 14 heavy (non-hydrogen) atoms. The number of hydrogen-bond acceptors (Lipinski definition) is 1. The molecule has 1 fully saturated rings. The maximum atomic E-state index is 6.07. The predicted octanol–water partition coefficient (Wildman–Crippen LogP) is 3.15. The van der Waals surface area contributed by atoms with Gasteiger partial charge < -0.3 is 5.32 Å². The second-order valence-electron chi connectivity index (χ2n) is 3.76. The molecule has 0 radical (unpaired) electrons. The first kappa shape index (κ1) is 10.3. The van der Waals surface area contributed by atoms with E-state index in [4.69, 9.17) is 23.2 Å². The van der Waals surface area contributed by atoms with E-state index in [0.717, 1.165) is 41.0 Å². The smallest absolute Gasteiger partial charge is 0.0452 e. The van der Waals surface area contributed by atoms with Gasteiger partial charge in [-0.2, -0.15) is 0 Å². The van der Waals surface area contributed by atoms with Gasteiger partial charge in [0.25, 0.3) is 0 Å². The van der Waals surface area contributed by atoms with Gasteiger partial charge in [-0.25, -0.2) is 0 Å². The summed E-state index contributed by atoms with van der Waals surface area (Å²) in [6.07, 6.45) is 2.17. The van der Waals surface area contributed by atoms with Crippen LogP contribution in [-0.4, -0.2) is 13.1 Å². The average molecular weight is 230 g/mol. The van der Waals surface area contributed by atoms with E-state index < -0.39 is 0 Å². The molecule has 3 heteroatoms. The molecule has 0 aliphatic carbocycles. The maximum Gasteiger partial charge on any atom is 0.0452 e. The van der Waals surface area contributed by atoms with Crippen molar-refractivity contribution in [2.24, 2.45) is 5.92 Å². The molecule has 1 aliphatic rings. The van der Waals surface area contributed by atoms with Crippen LogP contribution in [0.25, 0.3) is 0 Å². The van der Waals surface area contributed by atoms with Crippen LogP contribution in [0.5, 0.6) is 0 Å². The van der Waals surface area contributed by atoms with Crippen molar-refractivity contribution >= 4 is 23.2 Å². The molecule has 0 bridgehead atoms. The fraction of sp³-hybridized carbons (Fsp3) is 0.455. The molecule has 2 rings (SSSR count). The van der Waals surface area contributed by atoms with Crippen LogP contribution < -0.4 is 5.32 Å². The Balaban J connectivity index is 2.00. The lowest BCUT2D eigenvalue weighted by molar-refractivity contribution is 0.328. The largest absolute Gasteiger partial charge is 0.316 e. The first-order chi connectivity index (χ1) is 6.77. The van der Waals surface area contributed by atoms with Crippen molar-refractivity contribution in [2.75, 3.05) is 13.1 Å². The first-order valence-corrected chi connectivity index (χ1v) is 5.66. The third kappa shape index (κ3) is 2.22. The van der Waals surface area contributed by atoms with E-state index in [2.05, 4.69) is 5.32 Å². The summed E-state index contributed by atoms with van der Waals surface area (Å²) in [4.78, 5) is 0. The van der Waals surface area contributed by atoms with Crippen LogP contribution in [-0.2, 0) is 6.42 Å². The lowest BCUT2D eigenvalue weighted by Gasteiger charge is -2.27. The van der Waals surface area contributed by atoms with Gasteiger partial charge in [0.2, 0.25) is 0 Å². The monoisotopic (exact) mass is 229 g/mol. The van der Waals surface area contributed by atoms with Crippen LogP contribution in [0.2, 0.25) is 10.0 Å². The summed E-state index contributed by atoms with van der Waals surface area (Å²) in [6.45, 7) is 2.28. The Morgan fingerprint density at radius 3 is 2.36 bits per heavy atom. The second-order valence-corrected chi connectivity index (χ2v) is 4.58. The van der Waals surface area contributed by atoms with Crippen molar-refractivity contribution in [2.45, 2.75) is 12.8 Å². The summed E-state index contributed by atoms with van der Waals surface area (Å²) < 4.78 is 0. The van der Waals surface area contributed by atoms with Gasteiger partial charge >= 0.3 is 0 Å². The third-order valence-corrected chi connectivity index (χ3v) is 3.44. The van der Waals surface area contributed by atoms with Crippen molar-refractivity contribution < 1.29 is 0 Å². The number of nitrogens with one attached hydrogen (secondary N) is 1. The fourth-order valence-electron chi connectivity index (χ4n) is 1.67. The minimum Gasteiger partial charge on any atom is -0.316 e. The Kier molecular flexibility index (Phi) is 3.32. The fourth-order valence-corrected chi connectivity index (χ4v) is 2.26. The molecule has 0 spiro atoms. The molecule has 1 aliphatic heterocycles. The summed E-state index contributed by atoms with van der Waals surface area (Å²) in [5, 5.41) is 4.85. The van der Waals surface area contributed by atoms with Gasteiger partial charge in [-0.1, -0.05) is 29.3 Å². The van der Waals surface area contributed by atoms with Crippen LogP contribution in [0, 0.1) is 5.92 Å². The summed E-state index contributed by atoms with van der Waals surface area (Å²) in [5.74, 6) is 0.808. The highest BCUT2D eigenvalue weighted by molar-refractivity contribution is 6.35. The van der Waals surface area contributed by atoms with Gasteiger partial charge in [0.15, 0.2) is 0 Å². The lowest BCUT2D eigenvalue weighted by Crippen LogP contribution is -2.42. The van der Waals surface area contributed by atoms with Crippen molar-refractivity contribution in [3.05, 3.63) is 33.8 Å². The summed E-state index contributed by atoms with van der Waals surface area (Å²) in [5.41, 5.74) is 1.10. The van der Waals surface area contributed by atoms with E-state index in [1.54, 1.807) is 0 Å². The zero-order chi connectivity index (χ0) is 9.97. The highest BCUT2D eigenvalue weighted by Gasteiger charge is 2.17. The minimum absolute atomic E-state index is 0.796. The molecule has 0 amide bonds. The Bertz CT molecular complexity index is 301. The van der Waals surface area contributed by atoms with Crippen molar-refractivity contribution in [3.63, 3.8) is 0 Å². The van der Waals surface area contributed by atoms with Gasteiger partial charge in [0.05, 0.1) is 0 Å². The summed E-state index contributed by atoms with van der Waals surface area (Å²) in [6, 6.07) is 5.70. The Morgan fingerprint density at radius 1 is 1.21 bits per heavy atom. The topological polar surface area (TPSA) is 12.0 Å². The van der Waals surface area contributed by atoms with Gasteiger partial charge in [-0.3, -0.25) is 0 Å². The van der Waals surface area contributed by atoms with E-state index in [9.17, 15) is 0 Å². The van der Waals surface area contributed by atoms with E-state index in [1.165, 1.54) is 6.42 Å². The molecule has 0 aromatic heterocycles. The van der Waals surface area contributed by atoms with Gasteiger partial charge in [0.1, 0.15) is 0 Å². The SMILES string of the molecule is Clc1cccc(Cl)c1CCC1CNC1. The Labute approximate surface area is 94.4 Å². The molecule has 0 unspecified atom stereocenters. The standard InChI is InChI=1S/C11H13Cl2N/c12-10-2-1-3-11(13)9(10)5-4-8-6-14-7-8/h1-3,8,14H,4-7H2. The lowest BCUT2D eigenvalue weighted by atomic mass is 9.95. The average Bonchev–Trinajstić information content (AvgIpc) is 2.07. The van der Waals surface area contributed by atoms with Gasteiger partial charge in [-0.05, 0) is 49.5 Å². The molecule has 0 saturated carbocycles. The predicted molar refractivity (Wildman–Crippen MR) is 61.1 cm³/mol. The van der Waals surface area contributed by atoms with Crippen LogP contribution >= 0.6 is 23.2 Å². The van der Waals surface area contributed by atoms with E-state index in [0.29, 0.717) is 0 Å². The van der Waals surface area contributed by atoms with E-state index >= 15 is 0 Å². The maximum absolute atomic E-state index is 6.07. The van der Waals surface area contributed by atoms with Crippen LogP contribution in [0.1, 0.15) is 12.0 Å². The Morgan fingerprint density at radius 2 is 1.86 bits per heavy atom. The molecular formula is C11H13Cl2N. The number of benzene rings is 1. The first-order valence-electron chi connectivity index (χ1n) is 4.91. The van der Waals surface area contributed by atoms with E-state index in [1.807, 2.05) is 18.2 Å². The zero-order valence-corrected chi connectivity index (χ0v) is 9.41. The van der Waals surface area contributed by atoms with Crippen molar-refractivity contribution in [3.8, 4) is 0 Å². The quantitative estimate of drug-likeness (QED) is 0.841. The minimum atomic E-state index is 0.796. The second kappa shape index (κ2) is 4.52. The molecular weight excluding hydrogens is 217 g/mol. The van der Waals surface area contributed by atoms with Crippen LogP contribution in [0.3, 0.4) is 0 Å². The highest BCUT2D eigenvalue weighted by atomic mass is 35.5. The van der Waals surface area contributed by atoms with E-state index in [-0.39, 0.29) is 0 Å². The summed E-state index contributed by atoms with van der Waals surface area (Å²) >= 11 is 12.1. The molecule has 1 N–H and O–H groups in total. The van der Waals surface area contributed by atoms with Gasteiger partial charge in [0, 0.05) is 10.0 Å². The van der Waals surface area contributed by atoms with Crippen molar-refractivity contribution in [1.82, 2.24) is 5.32 Å². The molecule has 1 aromatic carbocycles. The molecule has 1 heterocycles. The number of rotatable bonds is 3. The molecule has 1 nitrogen and oxygen atoms in total. The zero-order valence-electron chi connectivity index (χ0n) is 7.89. The Hall–Kier alpha value is -0.240. The third-order valence-electron chi connectivity index (χ3n) is 2.73. The molecule has 1 aromatic rings. The number of hydrogen-bond donors (Lipinski definition) is 1.